The minimum atomic E-state index is 0.875. The van der Waals surface area contributed by atoms with Crippen LogP contribution in [0.1, 0.15) is 12.7 Å². The first-order valence-corrected chi connectivity index (χ1v) is 13.8. The van der Waals surface area contributed by atoms with Gasteiger partial charge in [0.05, 0.1) is 26.8 Å². The third-order valence-corrected chi connectivity index (χ3v) is 8.72. The lowest BCUT2D eigenvalue weighted by atomic mass is 9.95. The Morgan fingerprint density at radius 2 is 1.45 bits per heavy atom. The highest BCUT2D eigenvalue weighted by Gasteiger charge is 2.18. The van der Waals surface area contributed by atoms with Crippen LogP contribution in [0.2, 0.25) is 0 Å². The van der Waals surface area contributed by atoms with E-state index in [1.807, 2.05) is 11.3 Å². The van der Waals surface area contributed by atoms with E-state index in [1.54, 1.807) is 0 Å². The molecule has 0 aliphatic carbocycles. The van der Waals surface area contributed by atoms with Gasteiger partial charge >= 0.3 is 0 Å². The van der Waals surface area contributed by atoms with Gasteiger partial charge in [-0.05, 0) is 52.7 Å². The van der Waals surface area contributed by atoms with E-state index in [2.05, 4.69) is 121 Å². The third-order valence-electron chi connectivity index (χ3n) is 7.55. The number of para-hydroxylation sites is 2. The summed E-state index contributed by atoms with van der Waals surface area (Å²) in [7, 11) is 0. The normalized spacial score (nSPS) is 11.9. The van der Waals surface area contributed by atoms with Gasteiger partial charge in [-0.3, -0.25) is 4.57 Å². The molecule has 3 nitrogen and oxygen atoms in total. The molecule has 0 unspecified atom stereocenters. The fourth-order valence-corrected chi connectivity index (χ4v) is 7.03. The van der Waals surface area contributed by atoms with Gasteiger partial charge in [-0.15, -0.1) is 11.3 Å². The van der Waals surface area contributed by atoms with Gasteiger partial charge in [0.25, 0.3) is 0 Å². The Kier molecular flexibility index (Phi) is 4.67. The molecule has 0 atom stereocenters. The summed E-state index contributed by atoms with van der Waals surface area (Å²) < 4.78 is 4.80. The van der Waals surface area contributed by atoms with Gasteiger partial charge in [-0.2, -0.15) is 0 Å². The van der Waals surface area contributed by atoms with Crippen LogP contribution in [0.3, 0.4) is 0 Å². The minimum Gasteiger partial charge on any atom is -0.296 e. The molecule has 0 N–H and O–H groups in total. The highest BCUT2D eigenvalue weighted by atomic mass is 32.1. The second-order valence-electron chi connectivity index (χ2n) is 9.70. The Labute approximate surface area is 223 Å². The summed E-state index contributed by atoms with van der Waals surface area (Å²) in [6.45, 7) is 2.17. The predicted octanol–water partition coefficient (Wildman–Crippen LogP) is 9.32. The van der Waals surface area contributed by atoms with Crippen molar-refractivity contribution in [1.82, 2.24) is 14.5 Å². The first kappa shape index (κ1) is 21.5. The first-order chi connectivity index (χ1) is 18.8. The molecule has 38 heavy (non-hydrogen) atoms. The minimum absolute atomic E-state index is 0.875. The monoisotopic (exact) mass is 505 g/mol. The van der Waals surface area contributed by atoms with Crippen LogP contribution in [-0.2, 0) is 6.42 Å². The number of aryl methyl sites for hydroxylation is 1. The van der Waals surface area contributed by atoms with Crippen molar-refractivity contribution in [2.45, 2.75) is 13.3 Å². The molecule has 0 saturated heterocycles. The van der Waals surface area contributed by atoms with Crippen molar-refractivity contribution in [3.05, 3.63) is 115 Å². The third kappa shape index (κ3) is 3.07. The van der Waals surface area contributed by atoms with E-state index in [0.717, 1.165) is 40.0 Å². The molecule has 4 heteroatoms. The van der Waals surface area contributed by atoms with E-state index in [9.17, 15) is 0 Å². The summed E-state index contributed by atoms with van der Waals surface area (Å²) >= 11 is 1.84. The Bertz CT molecular complexity index is 2170. The quantitative estimate of drug-likeness (QED) is 0.224. The van der Waals surface area contributed by atoms with E-state index in [-0.39, 0.29) is 0 Å². The van der Waals surface area contributed by atoms with Gasteiger partial charge in [-0.1, -0.05) is 79.7 Å². The topological polar surface area (TPSA) is 30.7 Å². The molecule has 0 fully saturated rings. The number of thiophene rings is 1. The standard InChI is InChI=1S/C34H23N3S/c1-2-30-35-26-12-6-7-13-28(26)37(30)23-18-15-22(16-19-23)31-32-24-10-4-3-9-21(24)17-20-27(32)36-33-25-11-5-8-14-29(25)38-34(31)33/h3-20H,2H2,1H3. The van der Waals surface area contributed by atoms with Crippen molar-refractivity contribution < 1.29 is 0 Å². The van der Waals surface area contributed by atoms with Crippen LogP contribution < -0.4 is 0 Å². The number of nitrogens with zero attached hydrogens (tertiary/aromatic N) is 3. The van der Waals surface area contributed by atoms with Gasteiger partial charge in [-0.25, -0.2) is 9.97 Å². The maximum atomic E-state index is 5.22. The lowest BCUT2D eigenvalue weighted by Gasteiger charge is -2.13. The Morgan fingerprint density at radius 3 is 2.32 bits per heavy atom. The van der Waals surface area contributed by atoms with E-state index in [1.165, 1.54) is 42.1 Å². The molecule has 0 radical (unpaired) electrons. The summed E-state index contributed by atoms with van der Waals surface area (Å²) in [5, 5.41) is 4.91. The molecule has 8 aromatic rings. The van der Waals surface area contributed by atoms with Crippen LogP contribution in [0.5, 0.6) is 0 Å². The molecule has 8 rings (SSSR count). The van der Waals surface area contributed by atoms with Crippen LogP contribution in [-0.4, -0.2) is 14.5 Å². The number of imidazole rings is 1. The summed E-state index contributed by atoms with van der Waals surface area (Å²) in [5.74, 6) is 1.08. The van der Waals surface area contributed by atoms with Gasteiger partial charge < -0.3 is 0 Å². The van der Waals surface area contributed by atoms with Crippen molar-refractivity contribution >= 4 is 64.3 Å². The van der Waals surface area contributed by atoms with Crippen LogP contribution in [0.4, 0.5) is 0 Å². The second-order valence-corrected chi connectivity index (χ2v) is 10.7. The van der Waals surface area contributed by atoms with E-state index in [4.69, 9.17) is 9.97 Å². The zero-order valence-corrected chi connectivity index (χ0v) is 21.7. The second kappa shape index (κ2) is 8.23. The van der Waals surface area contributed by atoms with Gasteiger partial charge in [0.2, 0.25) is 0 Å². The van der Waals surface area contributed by atoms with Crippen molar-refractivity contribution in [1.29, 1.82) is 0 Å². The fourth-order valence-electron chi connectivity index (χ4n) is 5.82. The van der Waals surface area contributed by atoms with Gasteiger partial charge in [0, 0.05) is 33.1 Å². The largest absolute Gasteiger partial charge is 0.296 e. The predicted molar refractivity (Wildman–Crippen MR) is 162 cm³/mol. The Morgan fingerprint density at radius 1 is 0.684 bits per heavy atom. The number of hydrogen-bond donors (Lipinski definition) is 0. The molecule has 5 aromatic carbocycles. The van der Waals surface area contributed by atoms with Crippen molar-refractivity contribution in [3.8, 4) is 16.8 Å². The molecule has 0 amide bonds. The highest BCUT2D eigenvalue weighted by Crippen LogP contribution is 2.44. The summed E-state index contributed by atoms with van der Waals surface area (Å²) in [4.78, 5) is 10.1. The highest BCUT2D eigenvalue weighted by molar-refractivity contribution is 7.26. The molecule has 0 bridgehead atoms. The lowest BCUT2D eigenvalue weighted by Crippen LogP contribution is -2.00. The number of fused-ring (bicyclic) bond motifs is 7. The SMILES string of the molecule is CCc1nc2ccccc2n1-c1ccc(-c2c3sc4ccccc4c3nc3ccc4ccccc4c23)cc1. The molecular formula is C34H23N3S. The number of aromatic nitrogens is 3. The molecule has 0 aliphatic rings. The average molecular weight is 506 g/mol. The zero-order chi connectivity index (χ0) is 25.2. The first-order valence-electron chi connectivity index (χ1n) is 13.0. The van der Waals surface area contributed by atoms with Gasteiger partial charge in [0.15, 0.2) is 0 Å². The van der Waals surface area contributed by atoms with Crippen LogP contribution in [0, 0.1) is 0 Å². The average Bonchev–Trinajstić information content (AvgIpc) is 3.54. The van der Waals surface area contributed by atoms with Crippen molar-refractivity contribution in [2.75, 3.05) is 0 Å². The Balaban J connectivity index is 1.44. The van der Waals surface area contributed by atoms with Crippen molar-refractivity contribution in [3.63, 3.8) is 0 Å². The maximum absolute atomic E-state index is 5.22. The van der Waals surface area contributed by atoms with Crippen LogP contribution in [0.25, 0.3) is 69.8 Å². The van der Waals surface area contributed by atoms with Crippen LogP contribution in [0.15, 0.2) is 109 Å². The van der Waals surface area contributed by atoms with Gasteiger partial charge in [0.1, 0.15) is 5.82 Å². The molecule has 180 valence electrons. The Hall–Kier alpha value is -4.54. The fraction of sp³-hybridized carbons (Fsp3) is 0.0588. The molecule has 0 spiro atoms. The molecule has 0 aliphatic heterocycles. The molecule has 0 saturated carbocycles. The lowest BCUT2D eigenvalue weighted by molar-refractivity contribution is 0.908. The number of pyridine rings is 1. The van der Waals surface area contributed by atoms with E-state index in [0.29, 0.717) is 0 Å². The van der Waals surface area contributed by atoms with Crippen LogP contribution >= 0.6 is 11.3 Å². The number of benzene rings is 5. The summed E-state index contributed by atoms with van der Waals surface area (Å²) in [6, 6.07) is 39.0. The zero-order valence-electron chi connectivity index (χ0n) is 20.8. The molecule has 3 heterocycles. The van der Waals surface area contributed by atoms with E-state index >= 15 is 0 Å². The molecule has 3 aromatic heterocycles. The summed E-state index contributed by atoms with van der Waals surface area (Å²) in [6.07, 6.45) is 0.875. The smallest absolute Gasteiger partial charge is 0.114 e. The maximum Gasteiger partial charge on any atom is 0.114 e. The van der Waals surface area contributed by atoms with Crippen molar-refractivity contribution in [2.24, 2.45) is 0 Å². The van der Waals surface area contributed by atoms with E-state index < -0.39 is 0 Å². The number of rotatable bonds is 3. The summed E-state index contributed by atoms with van der Waals surface area (Å²) in [5.41, 5.74) is 7.90. The number of hydrogen-bond acceptors (Lipinski definition) is 3. The molecular weight excluding hydrogens is 482 g/mol.